The lowest BCUT2D eigenvalue weighted by Crippen LogP contribution is -2.07. The van der Waals surface area contributed by atoms with E-state index in [1.54, 1.807) is 0 Å². The van der Waals surface area contributed by atoms with E-state index in [1.807, 2.05) is 18.8 Å². The number of aryl methyl sites for hydroxylation is 1. The van der Waals surface area contributed by atoms with E-state index < -0.39 is 0 Å². The molecule has 0 heterocycles. The Balaban J connectivity index is 2.70. The second-order valence-electron chi connectivity index (χ2n) is 4.47. The van der Waals surface area contributed by atoms with E-state index >= 15 is 0 Å². The molecule has 0 spiro atoms. The van der Waals surface area contributed by atoms with Gasteiger partial charge in [0.1, 0.15) is 0 Å². The highest BCUT2D eigenvalue weighted by atomic mass is 32.2. The Morgan fingerprint density at radius 2 is 2.12 bits per heavy atom. The standard InChI is InChI=1S/C14H23NS/c1-5-11(2)10-16-14-7-6-12(3)8-13(14)9-15-4/h6-8,11,15H,5,9-10H2,1-4H3. The maximum atomic E-state index is 3.24. The highest BCUT2D eigenvalue weighted by Crippen LogP contribution is 2.26. The van der Waals surface area contributed by atoms with Crippen LogP contribution >= 0.6 is 11.8 Å². The molecule has 1 atom stereocenters. The van der Waals surface area contributed by atoms with Gasteiger partial charge in [0, 0.05) is 17.2 Å². The zero-order chi connectivity index (χ0) is 12.0. The molecule has 90 valence electrons. The lowest BCUT2D eigenvalue weighted by Gasteiger charge is -2.12. The minimum absolute atomic E-state index is 0.800. The normalized spacial score (nSPS) is 12.8. The van der Waals surface area contributed by atoms with Crippen molar-refractivity contribution in [3.05, 3.63) is 29.3 Å². The lowest BCUT2D eigenvalue weighted by molar-refractivity contribution is 0.636. The second kappa shape index (κ2) is 6.97. The van der Waals surface area contributed by atoms with E-state index in [0.29, 0.717) is 0 Å². The van der Waals surface area contributed by atoms with Crippen LogP contribution in [0.4, 0.5) is 0 Å². The molecular formula is C14H23NS. The van der Waals surface area contributed by atoms with E-state index in [0.717, 1.165) is 12.5 Å². The van der Waals surface area contributed by atoms with Gasteiger partial charge in [-0.15, -0.1) is 11.8 Å². The zero-order valence-electron chi connectivity index (χ0n) is 10.8. The first-order valence-corrected chi connectivity index (χ1v) is 7.02. The minimum atomic E-state index is 0.800. The molecule has 0 fully saturated rings. The fourth-order valence-electron chi connectivity index (χ4n) is 1.53. The quantitative estimate of drug-likeness (QED) is 0.754. The first-order valence-electron chi connectivity index (χ1n) is 6.04. The molecule has 0 bridgehead atoms. The van der Waals surface area contributed by atoms with Crippen LogP contribution in [0.15, 0.2) is 23.1 Å². The summed E-state index contributed by atoms with van der Waals surface area (Å²) < 4.78 is 0. The maximum absolute atomic E-state index is 3.24. The highest BCUT2D eigenvalue weighted by Gasteiger charge is 2.05. The lowest BCUT2D eigenvalue weighted by atomic mass is 10.1. The van der Waals surface area contributed by atoms with Crippen LogP contribution in [0.25, 0.3) is 0 Å². The average Bonchev–Trinajstić information content (AvgIpc) is 2.28. The van der Waals surface area contributed by atoms with Crippen LogP contribution in [-0.2, 0) is 6.54 Å². The first kappa shape index (κ1) is 13.6. The molecule has 1 aromatic rings. The molecule has 1 nitrogen and oxygen atoms in total. The number of hydrogen-bond acceptors (Lipinski definition) is 2. The topological polar surface area (TPSA) is 12.0 Å². The average molecular weight is 237 g/mol. The number of hydrogen-bond donors (Lipinski definition) is 1. The Hall–Kier alpha value is -0.470. The predicted molar refractivity (Wildman–Crippen MR) is 74.1 cm³/mol. The summed E-state index contributed by atoms with van der Waals surface area (Å²) in [4.78, 5) is 1.43. The van der Waals surface area contributed by atoms with Gasteiger partial charge < -0.3 is 5.32 Å². The molecule has 0 aliphatic heterocycles. The number of rotatable bonds is 6. The van der Waals surface area contributed by atoms with Crippen LogP contribution in [0, 0.1) is 12.8 Å². The van der Waals surface area contributed by atoms with Crippen LogP contribution in [0.1, 0.15) is 31.4 Å². The van der Waals surface area contributed by atoms with E-state index in [2.05, 4.69) is 44.3 Å². The Bertz CT molecular complexity index is 323. The van der Waals surface area contributed by atoms with Gasteiger partial charge in [0.25, 0.3) is 0 Å². The third-order valence-corrected chi connectivity index (χ3v) is 4.25. The fourth-order valence-corrected chi connectivity index (χ4v) is 2.71. The first-order chi connectivity index (χ1) is 7.67. The van der Waals surface area contributed by atoms with Crippen molar-refractivity contribution in [3.8, 4) is 0 Å². The number of thioether (sulfide) groups is 1. The monoisotopic (exact) mass is 237 g/mol. The van der Waals surface area contributed by atoms with Gasteiger partial charge in [0.05, 0.1) is 0 Å². The van der Waals surface area contributed by atoms with Crippen LogP contribution in [-0.4, -0.2) is 12.8 Å². The Morgan fingerprint density at radius 1 is 1.38 bits per heavy atom. The summed E-state index contributed by atoms with van der Waals surface area (Å²) >= 11 is 1.99. The van der Waals surface area contributed by atoms with Crippen molar-refractivity contribution in [2.45, 2.75) is 38.6 Å². The van der Waals surface area contributed by atoms with Crippen LogP contribution in [0.5, 0.6) is 0 Å². The summed E-state index contributed by atoms with van der Waals surface area (Å²) in [5, 5.41) is 3.24. The van der Waals surface area contributed by atoms with Gasteiger partial charge in [-0.3, -0.25) is 0 Å². The van der Waals surface area contributed by atoms with Gasteiger partial charge in [-0.2, -0.15) is 0 Å². The molecule has 0 aliphatic rings. The molecule has 0 radical (unpaired) electrons. The van der Waals surface area contributed by atoms with E-state index in [4.69, 9.17) is 0 Å². The van der Waals surface area contributed by atoms with Crippen LogP contribution in [0.3, 0.4) is 0 Å². The maximum Gasteiger partial charge on any atom is 0.0213 e. The van der Waals surface area contributed by atoms with Crippen molar-refractivity contribution in [1.82, 2.24) is 5.32 Å². The zero-order valence-corrected chi connectivity index (χ0v) is 11.7. The smallest absolute Gasteiger partial charge is 0.0213 e. The van der Waals surface area contributed by atoms with Gasteiger partial charge in [-0.05, 0) is 31.5 Å². The summed E-state index contributed by atoms with van der Waals surface area (Å²) in [7, 11) is 2.01. The van der Waals surface area contributed by atoms with Crippen molar-refractivity contribution in [2.24, 2.45) is 5.92 Å². The number of nitrogens with one attached hydrogen (secondary N) is 1. The largest absolute Gasteiger partial charge is 0.316 e. The second-order valence-corrected chi connectivity index (χ2v) is 5.53. The van der Waals surface area contributed by atoms with Crippen molar-refractivity contribution in [3.63, 3.8) is 0 Å². The molecule has 1 rings (SSSR count). The summed E-state index contributed by atoms with van der Waals surface area (Å²) in [6.45, 7) is 7.70. The van der Waals surface area contributed by atoms with E-state index in [-0.39, 0.29) is 0 Å². The molecule has 16 heavy (non-hydrogen) atoms. The van der Waals surface area contributed by atoms with Crippen LogP contribution < -0.4 is 5.32 Å². The summed E-state index contributed by atoms with van der Waals surface area (Å²) in [6, 6.07) is 6.75. The summed E-state index contributed by atoms with van der Waals surface area (Å²) in [5.74, 6) is 2.02. The Morgan fingerprint density at radius 3 is 2.75 bits per heavy atom. The Kier molecular flexibility index (Phi) is 5.93. The molecule has 1 aromatic carbocycles. The molecule has 1 unspecified atom stereocenters. The van der Waals surface area contributed by atoms with Crippen molar-refractivity contribution < 1.29 is 0 Å². The Labute approximate surface area is 104 Å². The van der Waals surface area contributed by atoms with E-state index in [1.165, 1.54) is 28.2 Å². The summed E-state index contributed by atoms with van der Waals surface area (Å²) in [6.07, 6.45) is 1.26. The third-order valence-electron chi connectivity index (χ3n) is 2.80. The number of benzene rings is 1. The molecule has 0 aliphatic carbocycles. The van der Waals surface area contributed by atoms with Gasteiger partial charge in [-0.25, -0.2) is 0 Å². The highest BCUT2D eigenvalue weighted by molar-refractivity contribution is 7.99. The molecule has 2 heteroatoms. The van der Waals surface area contributed by atoms with Crippen molar-refractivity contribution in [1.29, 1.82) is 0 Å². The minimum Gasteiger partial charge on any atom is -0.316 e. The van der Waals surface area contributed by atoms with Crippen molar-refractivity contribution in [2.75, 3.05) is 12.8 Å². The SMILES string of the molecule is CCC(C)CSc1ccc(C)cc1CNC. The van der Waals surface area contributed by atoms with Crippen LogP contribution in [0.2, 0.25) is 0 Å². The molecule has 0 saturated heterocycles. The van der Waals surface area contributed by atoms with Gasteiger partial charge in [0.2, 0.25) is 0 Å². The van der Waals surface area contributed by atoms with Gasteiger partial charge in [0.15, 0.2) is 0 Å². The molecular weight excluding hydrogens is 214 g/mol. The molecule has 0 saturated carbocycles. The van der Waals surface area contributed by atoms with Gasteiger partial charge in [-0.1, -0.05) is 38.0 Å². The fraction of sp³-hybridized carbons (Fsp3) is 0.571. The predicted octanol–water partition coefficient (Wildman–Crippen LogP) is 3.85. The van der Waals surface area contributed by atoms with Crippen molar-refractivity contribution >= 4 is 11.8 Å². The van der Waals surface area contributed by atoms with E-state index in [9.17, 15) is 0 Å². The summed E-state index contributed by atoms with van der Waals surface area (Å²) in [5.41, 5.74) is 2.77. The molecule has 1 N–H and O–H groups in total. The molecule has 0 aromatic heterocycles. The third kappa shape index (κ3) is 4.18. The molecule has 0 amide bonds. The van der Waals surface area contributed by atoms with Gasteiger partial charge >= 0.3 is 0 Å².